The lowest BCUT2D eigenvalue weighted by molar-refractivity contribution is 0.0162. The predicted molar refractivity (Wildman–Crippen MR) is 71.0 cm³/mol. The zero-order chi connectivity index (χ0) is 12.3. The molecule has 2 heterocycles. The van der Waals surface area contributed by atoms with E-state index in [0.717, 1.165) is 32.5 Å². The number of rotatable bonds is 4. The summed E-state index contributed by atoms with van der Waals surface area (Å²) >= 11 is 0. The Labute approximate surface area is 106 Å². The third-order valence-corrected chi connectivity index (χ3v) is 5.04. The van der Waals surface area contributed by atoms with Crippen LogP contribution in [0.1, 0.15) is 46.0 Å². The lowest BCUT2D eigenvalue weighted by atomic mass is 9.77. The van der Waals surface area contributed by atoms with E-state index < -0.39 is 0 Å². The van der Waals surface area contributed by atoms with Gasteiger partial charge in [0.1, 0.15) is 0 Å². The highest BCUT2D eigenvalue weighted by Crippen LogP contribution is 2.33. The Kier molecular flexibility index (Phi) is 4.45. The van der Waals surface area contributed by atoms with Gasteiger partial charge in [0.15, 0.2) is 0 Å². The fourth-order valence-corrected chi connectivity index (χ4v) is 3.48. The zero-order valence-corrected chi connectivity index (χ0v) is 11.5. The number of nitrogens with zero attached hydrogens (tertiary/aromatic N) is 1. The molecule has 100 valence electrons. The molecule has 2 fully saturated rings. The van der Waals surface area contributed by atoms with Gasteiger partial charge in [-0.1, -0.05) is 6.92 Å². The van der Waals surface area contributed by atoms with Crippen molar-refractivity contribution in [3.05, 3.63) is 0 Å². The van der Waals surface area contributed by atoms with E-state index in [9.17, 15) is 0 Å². The minimum Gasteiger partial charge on any atom is -0.381 e. The third kappa shape index (κ3) is 2.67. The van der Waals surface area contributed by atoms with Crippen molar-refractivity contribution < 1.29 is 4.74 Å². The number of hydrogen-bond acceptors (Lipinski definition) is 3. The summed E-state index contributed by atoms with van der Waals surface area (Å²) in [7, 11) is 0. The van der Waals surface area contributed by atoms with Crippen LogP contribution >= 0.6 is 0 Å². The average Bonchev–Trinajstić information content (AvgIpc) is 2.92. The van der Waals surface area contributed by atoms with Crippen molar-refractivity contribution in [3.63, 3.8) is 0 Å². The Bertz CT molecular complexity index is 234. The molecule has 2 aliphatic heterocycles. The SMILES string of the molecule is CCC(C)(C(N)C1CCOCC1)N1CCCC1. The Morgan fingerprint density at radius 2 is 1.88 bits per heavy atom. The molecule has 0 spiro atoms. The van der Waals surface area contributed by atoms with Crippen LogP contribution in [-0.4, -0.2) is 42.8 Å². The largest absolute Gasteiger partial charge is 0.381 e. The van der Waals surface area contributed by atoms with Crippen molar-refractivity contribution in [2.45, 2.75) is 57.5 Å². The molecule has 17 heavy (non-hydrogen) atoms. The maximum absolute atomic E-state index is 6.62. The van der Waals surface area contributed by atoms with Crippen LogP contribution in [0.3, 0.4) is 0 Å². The van der Waals surface area contributed by atoms with Crippen LogP contribution in [0.15, 0.2) is 0 Å². The summed E-state index contributed by atoms with van der Waals surface area (Å²) in [5.74, 6) is 0.647. The molecule has 2 unspecified atom stereocenters. The molecular weight excluding hydrogens is 212 g/mol. The van der Waals surface area contributed by atoms with E-state index in [1.165, 1.54) is 25.9 Å². The first-order valence-electron chi connectivity index (χ1n) is 7.27. The van der Waals surface area contributed by atoms with Crippen molar-refractivity contribution in [3.8, 4) is 0 Å². The van der Waals surface area contributed by atoms with Gasteiger partial charge in [0.05, 0.1) is 0 Å². The van der Waals surface area contributed by atoms with Crippen LogP contribution in [0.4, 0.5) is 0 Å². The summed E-state index contributed by atoms with van der Waals surface area (Å²) < 4.78 is 5.45. The Morgan fingerprint density at radius 3 is 2.41 bits per heavy atom. The molecular formula is C14H28N2O. The molecule has 0 radical (unpaired) electrons. The predicted octanol–water partition coefficient (Wildman–Crippen LogP) is 2.00. The van der Waals surface area contributed by atoms with Crippen LogP contribution in [-0.2, 0) is 4.74 Å². The third-order valence-electron chi connectivity index (χ3n) is 5.04. The molecule has 0 aromatic carbocycles. The number of likely N-dealkylation sites (tertiary alicyclic amines) is 1. The Balaban J connectivity index is 2.04. The van der Waals surface area contributed by atoms with E-state index in [1.807, 2.05) is 0 Å². The highest BCUT2D eigenvalue weighted by atomic mass is 16.5. The maximum Gasteiger partial charge on any atom is 0.0469 e. The van der Waals surface area contributed by atoms with Crippen LogP contribution in [0, 0.1) is 5.92 Å². The van der Waals surface area contributed by atoms with E-state index >= 15 is 0 Å². The van der Waals surface area contributed by atoms with E-state index in [4.69, 9.17) is 10.5 Å². The second-order valence-corrected chi connectivity index (χ2v) is 5.88. The summed E-state index contributed by atoms with van der Waals surface area (Å²) in [6, 6.07) is 0.300. The van der Waals surface area contributed by atoms with Gasteiger partial charge < -0.3 is 10.5 Å². The molecule has 3 heteroatoms. The van der Waals surface area contributed by atoms with Gasteiger partial charge in [-0.15, -0.1) is 0 Å². The summed E-state index contributed by atoms with van der Waals surface area (Å²) in [5, 5.41) is 0. The minimum atomic E-state index is 0.193. The van der Waals surface area contributed by atoms with Crippen molar-refractivity contribution in [2.75, 3.05) is 26.3 Å². The molecule has 0 saturated carbocycles. The van der Waals surface area contributed by atoms with Gasteiger partial charge in [-0.25, -0.2) is 0 Å². The molecule has 2 atom stereocenters. The summed E-state index contributed by atoms with van der Waals surface area (Å²) in [4.78, 5) is 2.63. The van der Waals surface area contributed by atoms with Crippen molar-refractivity contribution >= 4 is 0 Å². The summed E-state index contributed by atoms with van der Waals surface area (Å²) in [6.07, 6.45) is 6.13. The fraction of sp³-hybridized carbons (Fsp3) is 1.00. The van der Waals surface area contributed by atoms with E-state index in [-0.39, 0.29) is 5.54 Å². The van der Waals surface area contributed by atoms with Crippen LogP contribution in [0.5, 0.6) is 0 Å². The zero-order valence-electron chi connectivity index (χ0n) is 11.5. The second kappa shape index (κ2) is 5.68. The Hall–Kier alpha value is -0.120. The highest BCUT2D eigenvalue weighted by Gasteiger charge is 2.41. The van der Waals surface area contributed by atoms with Crippen molar-refractivity contribution in [1.82, 2.24) is 4.90 Å². The van der Waals surface area contributed by atoms with Gasteiger partial charge in [-0.2, -0.15) is 0 Å². The van der Waals surface area contributed by atoms with Gasteiger partial charge in [0.25, 0.3) is 0 Å². The van der Waals surface area contributed by atoms with Gasteiger partial charge in [0.2, 0.25) is 0 Å². The average molecular weight is 240 g/mol. The molecule has 0 aliphatic carbocycles. The Morgan fingerprint density at radius 1 is 1.29 bits per heavy atom. The lowest BCUT2D eigenvalue weighted by Gasteiger charge is -2.46. The molecule has 0 bridgehead atoms. The molecule has 3 nitrogen and oxygen atoms in total. The molecule has 0 amide bonds. The van der Waals surface area contributed by atoms with Gasteiger partial charge in [0, 0.05) is 24.8 Å². The second-order valence-electron chi connectivity index (χ2n) is 5.88. The first-order valence-corrected chi connectivity index (χ1v) is 7.27. The topological polar surface area (TPSA) is 38.5 Å². The van der Waals surface area contributed by atoms with Gasteiger partial charge in [-0.05, 0) is 58.0 Å². The first-order chi connectivity index (χ1) is 8.18. The van der Waals surface area contributed by atoms with E-state index in [2.05, 4.69) is 18.7 Å². The fourth-order valence-electron chi connectivity index (χ4n) is 3.48. The summed E-state index contributed by atoms with van der Waals surface area (Å²) in [5.41, 5.74) is 6.81. The molecule has 0 aromatic rings. The van der Waals surface area contributed by atoms with Gasteiger partial charge in [-0.3, -0.25) is 4.90 Å². The van der Waals surface area contributed by atoms with Crippen molar-refractivity contribution in [2.24, 2.45) is 11.7 Å². The highest BCUT2D eigenvalue weighted by molar-refractivity contribution is 4.99. The van der Waals surface area contributed by atoms with E-state index in [0.29, 0.717) is 12.0 Å². The maximum atomic E-state index is 6.62. The molecule has 0 aromatic heterocycles. The molecule has 2 N–H and O–H groups in total. The van der Waals surface area contributed by atoms with Crippen LogP contribution in [0.2, 0.25) is 0 Å². The normalized spacial score (nSPS) is 29.1. The summed E-state index contributed by atoms with van der Waals surface area (Å²) in [6.45, 7) is 8.94. The standard InChI is InChI=1S/C14H28N2O/c1-3-14(2,16-8-4-5-9-16)13(15)12-6-10-17-11-7-12/h12-13H,3-11,15H2,1-2H3. The van der Waals surface area contributed by atoms with E-state index in [1.54, 1.807) is 0 Å². The quantitative estimate of drug-likeness (QED) is 0.817. The molecule has 2 aliphatic rings. The number of hydrogen-bond donors (Lipinski definition) is 1. The van der Waals surface area contributed by atoms with Gasteiger partial charge >= 0.3 is 0 Å². The monoisotopic (exact) mass is 240 g/mol. The lowest BCUT2D eigenvalue weighted by Crippen LogP contribution is -2.60. The molecule has 2 saturated heterocycles. The smallest absolute Gasteiger partial charge is 0.0469 e. The van der Waals surface area contributed by atoms with Crippen LogP contribution in [0.25, 0.3) is 0 Å². The molecule has 2 rings (SSSR count). The minimum absolute atomic E-state index is 0.193. The van der Waals surface area contributed by atoms with Crippen LogP contribution < -0.4 is 5.73 Å². The number of ether oxygens (including phenoxy) is 1. The number of nitrogens with two attached hydrogens (primary N) is 1. The first kappa shape index (κ1) is 13.3. The van der Waals surface area contributed by atoms with Crippen molar-refractivity contribution in [1.29, 1.82) is 0 Å².